The summed E-state index contributed by atoms with van der Waals surface area (Å²) in [5.74, 6) is 0. The van der Waals surface area contributed by atoms with Gasteiger partial charge in [0, 0.05) is 42.6 Å². The summed E-state index contributed by atoms with van der Waals surface area (Å²) in [6.07, 6.45) is 4.06. The van der Waals surface area contributed by atoms with E-state index in [0.29, 0.717) is 12.6 Å². The molecule has 3 aromatic heterocycles. The molecule has 1 saturated heterocycles. The van der Waals surface area contributed by atoms with E-state index in [1.165, 1.54) is 15.6 Å². The van der Waals surface area contributed by atoms with Crippen LogP contribution in [0.3, 0.4) is 0 Å². The fourth-order valence-corrected chi connectivity index (χ4v) is 5.12. The minimum Gasteiger partial charge on any atom is -0.310 e. The summed E-state index contributed by atoms with van der Waals surface area (Å²) >= 11 is 1.80. The van der Waals surface area contributed by atoms with Crippen LogP contribution >= 0.6 is 11.3 Å². The van der Waals surface area contributed by atoms with Crippen LogP contribution in [0.25, 0.3) is 21.1 Å². The summed E-state index contributed by atoms with van der Waals surface area (Å²) in [5.41, 5.74) is 3.20. The number of nitrogens with zero attached hydrogens (tertiary/aromatic N) is 3. The van der Waals surface area contributed by atoms with Gasteiger partial charge in [0.2, 0.25) is 0 Å². The maximum absolute atomic E-state index is 12.3. The molecular weight excluding hydrogens is 392 g/mol. The van der Waals surface area contributed by atoms with Gasteiger partial charge in [-0.05, 0) is 78.7 Å². The SMILES string of the molecule is O=c1ccc2ncccc2n1CCN1CCC(NCc2ccc3sccc3c2)CC1. The highest BCUT2D eigenvalue weighted by atomic mass is 32.1. The third-order valence-electron chi connectivity index (χ3n) is 6.10. The highest BCUT2D eigenvalue weighted by Gasteiger charge is 2.19. The van der Waals surface area contributed by atoms with Crippen molar-refractivity contribution in [2.75, 3.05) is 19.6 Å². The Morgan fingerprint density at radius 1 is 1.07 bits per heavy atom. The third kappa shape index (κ3) is 4.17. The van der Waals surface area contributed by atoms with E-state index >= 15 is 0 Å². The van der Waals surface area contributed by atoms with E-state index in [2.05, 4.69) is 44.8 Å². The third-order valence-corrected chi connectivity index (χ3v) is 6.99. The largest absolute Gasteiger partial charge is 0.310 e. The van der Waals surface area contributed by atoms with Gasteiger partial charge in [-0.25, -0.2) is 0 Å². The fourth-order valence-electron chi connectivity index (χ4n) is 4.35. The van der Waals surface area contributed by atoms with Crippen LogP contribution in [0.2, 0.25) is 0 Å². The van der Waals surface area contributed by atoms with Crippen molar-refractivity contribution in [2.24, 2.45) is 0 Å². The average molecular weight is 419 g/mol. The van der Waals surface area contributed by atoms with Crippen molar-refractivity contribution in [2.45, 2.75) is 32.0 Å². The number of thiophene rings is 1. The van der Waals surface area contributed by atoms with Crippen molar-refractivity contribution < 1.29 is 0 Å². The number of nitrogens with one attached hydrogen (secondary N) is 1. The predicted molar refractivity (Wildman–Crippen MR) is 124 cm³/mol. The van der Waals surface area contributed by atoms with E-state index in [9.17, 15) is 4.79 Å². The van der Waals surface area contributed by atoms with E-state index in [-0.39, 0.29) is 5.56 Å². The Morgan fingerprint density at radius 3 is 2.87 bits per heavy atom. The molecule has 0 aliphatic carbocycles. The number of likely N-dealkylation sites (tertiary alicyclic amines) is 1. The summed E-state index contributed by atoms with van der Waals surface area (Å²) in [5, 5.41) is 7.23. The first-order valence-corrected chi connectivity index (χ1v) is 11.5. The average Bonchev–Trinajstić information content (AvgIpc) is 3.26. The quantitative estimate of drug-likeness (QED) is 0.517. The van der Waals surface area contributed by atoms with Gasteiger partial charge in [-0.1, -0.05) is 6.07 Å². The molecule has 0 spiro atoms. The number of benzene rings is 1. The molecule has 0 unspecified atom stereocenters. The molecule has 0 radical (unpaired) electrons. The molecule has 5 rings (SSSR count). The molecule has 0 amide bonds. The van der Waals surface area contributed by atoms with Crippen molar-refractivity contribution in [1.82, 2.24) is 19.8 Å². The van der Waals surface area contributed by atoms with Crippen LogP contribution in [0.4, 0.5) is 0 Å². The number of piperidine rings is 1. The van der Waals surface area contributed by atoms with E-state index < -0.39 is 0 Å². The molecule has 5 nitrogen and oxygen atoms in total. The summed E-state index contributed by atoms with van der Waals surface area (Å²) in [7, 11) is 0. The number of fused-ring (bicyclic) bond motifs is 2. The van der Waals surface area contributed by atoms with Crippen LogP contribution in [0.5, 0.6) is 0 Å². The molecule has 154 valence electrons. The number of rotatable bonds is 6. The molecule has 1 aromatic carbocycles. The van der Waals surface area contributed by atoms with Crippen molar-refractivity contribution >= 4 is 32.5 Å². The summed E-state index contributed by atoms with van der Waals surface area (Å²) < 4.78 is 3.21. The van der Waals surface area contributed by atoms with E-state index in [0.717, 1.165) is 50.1 Å². The summed E-state index contributed by atoms with van der Waals surface area (Å²) in [6.45, 7) is 4.67. The molecular formula is C24H26N4OS. The Labute approximate surface area is 180 Å². The second-order valence-corrected chi connectivity index (χ2v) is 8.97. The number of aromatic nitrogens is 2. The lowest BCUT2D eigenvalue weighted by Gasteiger charge is -2.32. The molecule has 1 N–H and O–H groups in total. The Kier molecular flexibility index (Phi) is 5.62. The summed E-state index contributed by atoms with van der Waals surface area (Å²) in [4.78, 5) is 19.2. The molecule has 30 heavy (non-hydrogen) atoms. The molecule has 6 heteroatoms. The maximum Gasteiger partial charge on any atom is 0.251 e. The number of hydrogen-bond acceptors (Lipinski definition) is 5. The van der Waals surface area contributed by atoms with Crippen LogP contribution in [-0.4, -0.2) is 40.1 Å². The molecule has 1 aliphatic rings. The van der Waals surface area contributed by atoms with Gasteiger partial charge >= 0.3 is 0 Å². The molecule has 0 bridgehead atoms. The Hall–Kier alpha value is -2.54. The smallest absolute Gasteiger partial charge is 0.251 e. The first-order valence-electron chi connectivity index (χ1n) is 10.6. The monoisotopic (exact) mass is 418 g/mol. The van der Waals surface area contributed by atoms with Gasteiger partial charge in [-0.3, -0.25) is 9.78 Å². The lowest BCUT2D eigenvalue weighted by atomic mass is 10.0. The fraction of sp³-hybridized carbons (Fsp3) is 0.333. The number of pyridine rings is 2. The van der Waals surface area contributed by atoms with E-state index in [1.54, 1.807) is 29.7 Å². The molecule has 0 atom stereocenters. The first-order chi connectivity index (χ1) is 14.8. The van der Waals surface area contributed by atoms with Crippen molar-refractivity contribution in [3.63, 3.8) is 0 Å². The standard InChI is InChI=1S/C24H26N4OS/c29-24-6-4-21-22(2-1-10-25-21)28(24)14-13-27-11-7-20(8-12-27)26-17-18-3-5-23-19(16-18)9-15-30-23/h1-6,9-10,15-16,20,26H,7-8,11-14,17H2. The van der Waals surface area contributed by atoms with Gasteiger partial charge in [0.25, 0.3) is 5.56 Å². The zero-order valence-electron chi connectivity index (χ0n) is 17.0. The number of hydrogen-bond donors (Lipinski definition) is 1. The van der Waals surface area contributed by atoms with Gasteiger partial charge in [-0.2, -0.15) is 0 Å². The second kappa shape index (κ2) is 8.68. The molecule has 1 fully saturated rings. The molecule has 0 saturated carbocycles. The van der Waals surface area contributed by atoms with Crippen LogP contribution in [0.1, 0.15) is 18.4 Å². The highest BCUT2D eigenvalue weighted by molar-refractivity contribution is 7.17. The lowest BCUT2D eigenvalue weighted by molar-refractivity contribution is 0.191. The van der Waals surface area contributed by atoms with Crippen LogP contribution in [0.15, 0.2) is 64.9 Å². The first kappa shape index (κ1) is 19.4. The van der Waals surface area contributed by atoms with Gasteiger partial charge in [0.15, 0.2) is 0 Å². The maximum atomic E-state index is 12.3. The predicted octanol–water partition coefficient (Wildman–Crippen LogP) is 3.87. The second-order valence-electron chi connectivity index (χ2n) is 8.02. The van der Waals surface area contributed by atoms with Crippen molar-refractivity contribution in [3.05, 3.63) is 76.0 Å². The lowest BCUT2D eigenvalue weighted by Crippen LogP contribution is -2.43. The van der Waals surface area contributed by atoms with Gasteiger partial charge < -0.3 is 14.8 Å². The molecule has 4 aromatic rings. The zero-order chi connectivity index (χ0) is 20.3. The summed E-state index contributed by atoms with van der Waals surface area (Å²) in [6, 6.07) is 16.8. The van der Waals surface area contributed by atoms with Gasteiger partial charge in [0.05, 0.1) is 11.0 Å². The Balaban J connectivity index is 1.13. The van der Waals surface area contributed by atoms with E-state index in [1.807, 2.05) is 16.7 Å². The minimum atomic E-state index is 0.0506. The van der Waals surface area contributed by atoms with Gasteiger partial charge in [0.1, 0.15) is 0 Å². The Bertz CT molecular complexity index is 1210. The van der Waals surface area contributed by atoms with Crippen molar-refractivity contribution in [3.8, 4) is 0 Å². The normalized spacial score (nSPS) is 15.9. The minimum absolute atomic E-state index is 0.0506. The highest BCUT2D eigenvalue weighted by Crippen LogP contribution is 2.22. The molecule has 1 aliphatic heterocycles. The zero-order valence-corrected chi connectivity index (χ0v) is 17.8. The topological polar surface area (TPSA) is 50.2 Å². The van der Waals surface area contributed by atoms with Gasteiger partial charge in [-0.15, -0.1) is 11.3 Å². The van der Waals surface area contributed by atoms with Crippen LogP contribution in [-0.2, 0) is 13.1 Å². The van der Waals surface area contributed by atoms with E-state index in [4.69, 9.17) is 0 Å². The molecule has 4 heterocycles. The Morgan fingerprint density at radius 2 is 1.97 bits per heavy atom. The van der Waals surface area contributed by atoms with Crippen LogP contribution < -0.4 is 10.9 Å². The van der Waals surface area contributed by atoms with Crippen molar-refractivity contribution in [1.29, 1.82) is 0 Å². The van der Waals surface area contributed by atoms with Crippen LogP contribution in [0, 0.1) is 0 Å².